The van der Waals surface area contributed by atoms with E-state index >= 15 is 0 Å². The number of carbonyl (C=O) groups excluding carboxylic acids is 2. The Labute approximate surface area is 117 Å². The summed E-state index contributed by atoms with van der Waals surface area (Å²) in [4.78, 5) is 34.9. The number of hydrogen-bond acceptors (Lipinski definition) is 5. The van der Waals surface area contributed by atoms with Crippen LogP contribution in [0.4, 0.5) is 0 Å². The van der Waals surface area contributed by atoms with E-state index in [0.717, 1.165) is 0 Å². The Morgan fingerprint density at radius 3 is 2.05 bits per heavy atom. The van der Waals surface area contributed by atoms with Crippen molar-refractivity contribution < 1.29 is 19.1 Å². The van der Waals surface area contributed by atoms with E-state index in [4.69, 9.17) is 9.47 Å². The Hall–Kier alpha value is -2.05. The van der Waals surface area contributed by atoms with Crippen molar-refractivity contribution in [3.63, 3.8) is 0 Å². The smallest absolute Gasteiger partial charge is 0.329 e. The SMILES string of the molecule is CCOC(=O)Cn1ccn(CC(=O)OC(C)(C)C)c1=O. The maximum atomic E-state index is 11.9. The maximum absolute atomic E-state index is 11.9. The fourth-order valence-corrected chi connectivity index (χ4v) is 1.55. The van der Waals surface area contributed by atoms with Crippen molar-refractivity contribution in [3.05, 3.63) is 22.9 Å². The van der Waals surface area contributed by atoms with E-state index in [2.05, 4.69) is 0 Å². The summed E-state index contributed by atoms with van der Waals surface area (Å²) < 4.78 is 12.3. The summed E-state index contributed by atoms with van der Waals surface area (Å²) in [7, 11) is 0. The van der Waals surface area contributed by atoms with Crippen LogP contribution in [0.2, 0.25) is 0 Å². The summed E-state index contributed by atoms with van der Waals surface area (Å²) >= 11 is 0. The number of hydrogen-bond donors (Lipinski definition) is 0. The predicted octanol–water partition coefficient (Wildman–Crippen LogP) is 0.555. The zero-order valence-corrected chi connectivity index (χ0v) is 12.2. The van der Waals surface area contributed by atoms with Gasteiger partial charge in [-0.3, -0.25) is 18.7 Å². The van der Waals surface area contributed by atoms with E-state index in [0.29, 0.717) is 0 Å². The molecule has 0 unspecified atom stereocenters. The summed E-state index contributed by atoms with van der Waals surface area (Å²) in [5, 5.41) is 0. The molecule has 1 heterocycles. The molecular formula is C13H20N2O5. The van der Waals surface area contributed by atoms with Gasteiger partial charge in [-0.1, -0.05) is 0 Å². The van der Waals surface area contributed by atoms with Gasteiger partial charge in [0.1, 0.15) is 18.7 Å². The first-order valence-corrected chi connectivity index (χ1v) is 6.36. The molecule has 0 atom stereocenters. The standard InChI is InChI=1S/C13H20N2O5/c1-5-19-10(16)8-14-6-7-15(12(14)18)9-11(17)20-13(2,3)4/h6-7H,5,8-9H2,1-4H3. The Morgan fingerprint density at radius 2 is 1.60 bits per heavy atom. The third kappa shape index (κ3) is 4.91. The number of carbonyl (C=O) groups is 2. The number of esters is 2. The highest BCUT2D eigenvalue weighted by atomic mass is 16.6. The Balaban J connectivity index is 2.70. The van der Waals surface area contributed by atoms with Crippen molar-refractivity contribution in [1.29, 1.82) is 0 Å². The second-order valence-corrected chi connectivity index (χ2v) is 5.23. The molecule has 0 aromatic carbocycles. The molecule has 0 saturated carbocycles. The minimum Gasteiger partial charge on any atom is -0.465 e. The molecule has 20 heavy (non-hydrogen) atoms. The topological polar surface area (TPSA) is 79.5 Å². The van der Waals surface area contributed by atoms with Gasteiger partial charge in [-0.25, -0.2) is 4.79 Å². The van der Waals surface area contributed by atoms with Gasteiger partial charge in [0.05, 0.1) is 6.61 Å². The van der Waals surface area contributed by atoms with Gasteiger partial charge in [-0.2, -0.15) is 0 Å². The molecule has 1 rings (SSSR count). The van der Waals surface area contributed by atoms with Crippen molar-refractivity contribution in [2.24, 2.45) is 0 Å². The molecule has 0 saturated heterocycles. The van der Waals surface area contributed by atoms with Crippen molar-refractivity contribution in [1.82, 2.24) is 9.13 Å². The molecule has 0 N–H and O–H groups in total. The van der Waals surface area contributed by atoms with Gasteiger partial charge < -0.3 is 9.47 Å². The molecule has 7 nitrogen and oxygen atoms in total. The van der Waals surface area contributed by atoms with E-state index in [9.17, 15) is 14.4 Å². The summed E-state index contributed by atoms with van der Waals surface area (Å²) in [5.74, 6) is -1.00. The zero-order valence-electron chi connectivity index (χ0n) is 12.2. The minimum atomic E-state index is -0.603. The molecule has 1 aromatic rings. The van der Waals surface area contributed by atoms with Crippen molar-refractivity contribution in [2.45, 2.75) is 46.4 Å². The highest BCUT2D eigenvalue weighted by Crippen LogP contribution is 2.07. The van der Waals surface area contributed by atoms with Gasteiger partial charge in [-0.15, -0.1) is 0 Å². The van der Waals surface area contributed by atoms with Crippen LogP contribution in [0.15, 0.2) is 17.2 Å². The van der Waals surface area contributed by atoms with Crippen LogP contribution in [-0.4, -0.2) is 33.3 Å². The molecule has 7 heteroatoms. The molecule has 0 aliphatic heterocycles. The van der Waals surface area contributed by atoms with E-state index in [-0.39, 0.29) is 19.7 Å². The molecule has 1 aromatic heterocycles. The van der Waals surface area contributed by atoms with Gasteiger partial charge in [0.2, 0.25) is 0 Å². The van der Waals surface area contributed by atoms with E-state index in [1.165, 1.54) is 21.5 Å². The molecule has 0 fully saturated rings. The van der Waals surface area contributed by atoms with E-state index in [1.54, 1.807) is 27.7 Å². The summed E-state index contributed by atoms with van der Waals surface area (Å²) in [6.07, 6.45) is 2.87. The molecule has 0 amide bonds. The summed E-state index contributed by atoms with van der Waals surface area (Å²) in [6, 6.07) is 0. The number of aromatic nitrogens is 2. The first kappa shape index (κ1) is 16.0. The van der Waals surface area contributed by atoms with Gasteiger partial charge in [0.25, 0.3) is 0 Å². The van der Waals surface area contributed by atoms with Crippen molar-refractivity contribution >= 4 is 11.9 Å². The Bertz CT molecular complexity index is 536. The molecule has 0 aliphatic rings. The van der Waals surface area contributed by atoms with Crippen LogP contribution in [0.1, 0.15) is 27.7 Å². The number of ether oxygens (including phenoxy) is 2. The molecule has 112 valence electrons. The van der Waals surface area contributed by atoms with Crippen LogP contribution in [-0.2, 0) is 32.2 Å². The van der Waals surface area contributed by atoms with Crippen LogP contribution in [0.5, 0.6) is 0 Å². The lowest BCUT2D eigenvalue weighted by Gasteiger charge is -2.19. The lowest BCUT2D eigenvalue weighted by Crippen LogP contribution is -2.32. The van der Waals surface area contributed by atoms with E-state index < -0.39 is 23.2 Å². The lowest BCUT2D eigenvalue weighted by molar-refractivity contribution is -0.155. The molecule has 0 spiro atoms. The quantitative estimate of drug-likeness (QED) is 0.738. The molecule has 0 radical (unpaired) electrons. The van der Waals surface area contributed by atoms with Crippen LogP contribution in [0.3, 0.4) is 0 Å². The third-order valence-corrected chi connectivity index (χ3v) is 2.24. The first-order valence-electron chi connectivity index (χ1n) is 6.36. The van der Waals surface area contributed by atoms with Crippen molar-refractivity contribution in [2.75, 3.05) is 6.61 Å². The largest absolute Gasteiger partial charge is 0.465 e. The summed E-state index contributed by atoms with van der Waals surface area (Å²) in [6.45, 7) is 6.83. The molecular weight excluding hydrogens is 264 g/mol. The highest BCUT2D eigenvalue weighted by Gasteiger charge is 2.18. The van der Waals surface area contributed by atoms with Gasteiger partial charge in [-0.05, 0) is 27.7 Å². The second-order valence-electron chi connectivity index (χ2n) is 5.23. The third-order valence-electron chi connectivity index (χ3n) is 2.24. The predicted molar refractivity (Wildman–Crippen MR) is 71.2 cm³/mol. The van der Waals surface area contributed by atoms with Gasteiger partial charge >= 0.3 is 17.6 Å². The fraction of sp³-hybridized carbons (Fsp3) is 0.615. The second kappa shape index (κ2) is 6.40. The number of nitrogens with zero attached hydrogens (tertiary/aromatic N) is 2. The Kier molecular flexibility index (Phi) is 5.12. The maximum Gasteiger partial charge on any atom is 0.329 e. The molecule has 0 aliphatic carbocycles. The van der Waals surface area contributed by atoms with Crippen molar-refractivity contribution in [3.8, 4) is 0 Å². The zero-order chi connectivity index (χ0) is 15.3. The average Bonchev–Trinajstić information content (AvgIpc) is 2.59. The molecule has 0 bridgehead atoms. The number of imidazole rings is 1. The van der Waals surface area contributed by atoms with Gasteiger partial charge in [0, 0.05) is 12.4 Å². The number of rotatable bonds is 5. The van der Waals surface area contributed by atoms with Crippen LogP contribution in [0.25, 0.3) is 0 Å². The monoisotopic (exact) mass is 284 g/mol. The highest BCUT2D eigenvalue weighted by molar-refractivity contribution is 5.70. The van der Waals surface area contributed by atoms with Gasteiger partial charge in [0.15, 0.2) is 0 Å². The van der Waals surface area contributed by atoms with Crippen LogP contribution >= 0.6 is 0 Å². The average molecular weight is 284 g/mol. The fourth-order valence-electron chi connectivity index (χ4n) is 1.55. The minimum absolute atomic E-state index is 0.173. The lowest BCUT2D eigenvalue weighted by atomic mass is 10.2. The normalized spacial score (nSPS) is 11.2. The summed E-state index contributed by atoms with van der Waals surface area (Å²) in [5.41, 5.74) is -1.06. The van der Waals surface area contributed by atoms with E-state index in [1.807, 2.05) is 0 Å². The van der Waals surface area contributed by atoms with Crippen LogP contribution in [0, 0.1) is 0 Å². The first-order chi connectivity index (χ1) is 9.23. The van der Waals surface area contributed by atoms with Crippen LogP contribution < -0.4 is 5.69 Å². The Morgan fingerprint density at radius 1 is 1.10 bits per heavy atom.